The predicted octanol–water partition coefficient (Wildman–Crippen LogP) is 1.87. The normalized spacial score (nSPS) is 15.8. The number of amides is 1. The third-order valence-corrected chi connectivity index (χ3v) is 3.50. The van der Waals surface area contributed by atoms with Crippen LogP contribution in [0.4, 0.5) is 8.78 Å². The van der Waals surface area contributed by atoms with Crippen LogP contribution in [0.1, 0.15) is 30.1 Å². The number of carbonyl (C=O) groups excluding carboxylic acids is 1. The van der Waals surface area contributed by atoms with Crippen molar-refractivity contribution in [1.29, 1.82) is 0 Å². The number of carbonyl (C=O) groups is 1. The monoisotopic (exact) mass is 285 g/mol. The van der Waals surface area contributed by atoms with Gasteiger partial charge in [0.05, 0.1) is 13.2 Å². The van der Waals surface area contributed by atoms with Gasteiger partial charge in [-0.1, -0.05) is 0 Å². The first-order chi connectivity index (χ1) is 9.53. The van der Waals surface area contributed by atoms with Crippen LogP contribution in [0, 0.1) is 17.0 Å². The molecule has 2 N–H and O–H groups in total. The van der Waals surface area contributed by atoms with Crippen molar-refractivity contribution in [3.05, 3.63) is 29.3 Å². The van der Waals surface area contributed by atoms with Gasteiger partial charge in [0.15, 0.2) is 11.6 Å². The van der Waals surface area contributed by atoms with Crippen molar-refractivity contribution in [3.8, 4) is 5.75 Å². The molecule has 0 heterocycles. The summed E-state index contributed by atoms with van der Waals surface area (Å²) in [5.41, 5.74) is -0.968. The molecule has 0 unspecified atom stereocenters. The lowest BCUT2D eigenvalue weighted by Gasteiger charge is -2.14. The van der Waals surface area contributed by atoms with Gasteiger partial charge < -0.3 is 15.2 Å². The molecule has 0 atom stereocenters. The van der Waals surface area contributed by atoms with Gasteiger partial charge in [-0.15, -0.1) is 0 Å². The average Bonchev–Trinajstić information content (AvgIpc) is 3.21. The quantitative estimate of drug-likeness (QED) is 0.839. The van der Waals surface area contributed by atoms with Crippen LogP contribution < -0.4 is 10.1 Å². The molecule has 0 aromatic heterocycles. The number of aliphatic hydroxyl groups is 1. The molecule has 20 heavy (non-hydrogen) atoms. The fourth-order valence-corrected chi connectivity index (χ4v) is 1.93. The minimum absolute atomic E-state index is 0.0444. The van der Waals surface area contributed by atoms with E-state index in [-0.39, 0.29) is 30.9 Å². The Morgan fingerprint density at radius 2 is 2.15 bits per heavy atom. The van der Waals surface area contributed by atoms with Crippen LogP contribution >= 0.6 is 0 Å². The molecule has 0 aliphatic heterocycles. The summed E-state index contributed by atoms with van der Waals surface area (Å²) in [7, 11) is 0. The highest BCUT2D eigenvalue weighted by molar-refractivity contribution is 5.95. The summed E-state index contributed by atoms with van der Waals surface area (Å²) in [5, 5.41) is 11.6. The molecule has 1 fully saturated rings. The van der Waals surface area contributed by atoms with E-state index in [0.717, 1.165) is 25.0 Å². The van der Waals surface area contributed by atoms with Crippen molar-refractivity contribution in [2.75, 3.05) is 19.8 Å². The zero-order valence-electron chi connectivity index (χ0n) is 11.2. The van der Waals surface area contributed by atoms with Crippen LogP contribution in [0.3, 0.4) is 0 Å². The fraction of sp³-hybridized carbons (Fsp3) is 0.500. The molecular formula is C14H17F2NO3. The molecule has 1 amide bonds. The van der Waals surface area contributed by atoms with E-state index >= 15 is 0 Å². The van der Waals surface area contributed by atoms with Crippen molar-refractivity contribution in [1.82, 2.24) is 5.32 Å². The zero-order valence-corrected chi connectivity index (χ0v) is 11.2. The number of benzene rings is 1. The molecule has 1 aliphatic rings. The van der Waals surface area contributed by atoms with Gasteiger partial charge in [-0.05, 0) is 31.9 Å². The molecule has 2 rings (SSSR count). The van der Waals surface area contributed by atoms with E-state index in [4.69, 9.17) is 9.84 Å². The van der Waals surface area contributed by atoms with E-state index in [2.05, 4.69) is 5.32 Å². The van der Waals surface area contributed by atoms with E-state index < -0.39 is 23.1 Å². The second-order valence-electron chi connectivity index (χ2n) is 5.01. The van der Waals surface area contributed by atoms with E-state index in [1.807, 2.05) is 0 Å². The molecule has 1 aliphatic carbocycles. The van der Waals surface area contributed by atoms with Gasteiger partial charge in [0.25, 0.3) is 5.91 Å². The van der Waals surface area contributed by atoms with Crippen molar-refractivity contribution in [3.63, 3.8) is 0 Å². The molecule has 0 radical (unpaired) electrons. The predicted molar refractivity (Wildman–Crippen MR) is 68.6 cm³/mol. The van der Waals surface area contributed by atoms with E-state index in [0.29, 0.717) is 0 Å². The Morgan fingerprint density at radius 1 is 1.45 bits per heavy atom. The highest BCUT2D eigenvalue weighted by Crippen LogP contribution is 2.44. The highest BCUT2D eigenvalue weighted by Gasteiger charge is 2.42. The minimum atomic E-state index is -1.00. The summed E-state index contributed by atoms with van der Waals surface area (Å²) in [5.74, 6) is -2.92. The van der Waals surface area contributed by atoms with E-state index in [1.165, 1.54) is 0 Å². The van der Waals surface area contributed by atoms with Gasteiger partial charge in [0, 0.05) is 12.0 Å². The number of hydrogen-bond donors (Lipinski definition) is 2. The minimum Gasteiger partial charge on any atom is -0.491 e. The number of hydrogen-bond acceptors (Lipinski definition) is 3. The highest BCUT2D eigenvalue weighted by atomic mass is 19.1. The topological polar surface area (TPSA) is 58.6 Å². The first-order valence-corrected chi connectivity index (χ1v) is 6.53. The molecule has 0 bridgehead atoms. The molecule has 6 heteroatoms. The van der Waals surface area contributed by atoms with Gasteiger partial charge in [0.1, 0.15) is 11.4 Å². The lowest BCUT2D eigenvalue weighted by atomic mass is 10.1. The van der Waals surface area contributed by atoms with Crippen LogP contribution in [0.25, 0.3) is 0 Å². The molecular weight excluding hydrogens is 268 g/mol. The Bertz CT molecular complexity index is 515. The third kappa shape index (κ3) is 2.90. The maximum atomic E-state index is 14.0. The second-order valence-corrected chi connectivity index (χ2v) is 5.01. The summed E-state index contributed by atoms with van der Waals surface area (Å²) >= 11 is 0. The summed E-state index contributed by atoms with van der Waals surface area (Å²) in [4.78, 5) is 11.9. The van der Waals surface area contributed by atoms with Gasteiger partial charge in [-0.3, -0.25) is 4.79 Å². The summed E-state index contributed by atoms with van der Waals surface area (Å²) < 4.78 is 32.6. The number of halogens is 2. The standard InChI is InChI=1S/C14H17F2NO3/c1-2-20-10-4-3-9(15)11(12(10)16)13(19)17-7-14(8-18)5-6-14/h3-4,18H,2,5-8H2,1H3,(H,17,19). The molecule has 1 aromatic carbocycles. The van der Waals surface area contributed by atoms with Crippen molar-refractivity contribution in [2.45, 2.75) is 19.8 Å². The van der Waals surface area contributed by atoms with E-state index in [1.54, 1.807) is 6.92 Å². The van der Waals surface area contributed by atoms with Gasteiger partial charge in [-0.25, -0.2) is 8.78 Å². The van der Waals surface area contributed by atoms with Crippen LogP contribution in [0.2, 0.25) is 0 Å². The lowest BCUT2D eigenvalue weighted by Crippen LogP contribution is -2.33. The maximum absolute atomic E-state index is 14.0. The van der Waals surface area contributed by atoms with Gasteiger partial charge >= 0.3 is 0 Å². The first kappa shape index (κ1) is 14.7. The molecule has 1 saturated carbocycles. The SMILES string of the molecule is CCOc1ccc(F)c(C(=O)NCC2(CO)CC2)c1F. The lowest BCUT2D eigenvalue weighted by molar-refractivity contribution is 0.0925. The third-order valence-electron chi connectivity index (χ3n) is 3.50. The van der Waals surface area contributed by atoms with Crippen LogP contribution in [0.15, 0.2) is 12.1 Å². The Hall–Kier alpha value is -1.69. The number of aliphatic hydroxyl groups excluding tert-OH is 1. The number of nitrogens with one attached hydrogen (secondary N) is 1. The molecule has 0 saturated heterocycles. The fourth-order valence-electron chi connectivity index (χ4n) is 1.93. The Balaban J connectivity index is 2.14. The molecule has 4 nitrogen and oxygen atoms in total. The summed E-state index contributed by atoms with van der Waals surface area (Å²) in [6.45, 7) is 2.05. The van der Waals surface area contributed by atoms with Crippen LogP contribution in [0.5, 0.6) is 5.75 Å². The summed E-state index contributed by atoms with van der Waals surface area (Å²) in [6.07, 6.45) is 1.60. The maximum Gasteiger partial charge on any atom is 0.257 e. The van der Waals surface area contributed by atoms with E-state index in [9.17, 15) is 13.6 Å². The zero-order chi connectivity index (χ0) is 14.8. The number of ether oxygens (including phenoxy) is 1. The molecule has 1 aromatic rings. The Morgan fingerprint density at radius 3 is 2.70 bits per heavy atom. The Labute approximate surface area is 115 Å². The van der Waals surface area contributed by atoms with Gasteiger partial charge in [-0.2, -0.15) is 0 Å². The van der Waals surface area contributed by atoms with Crippen molar-refractivity contribution < 1.29 is 23.4 Å². The molecule has 0 spiro atoms. The van der Waals surface area contributed by atoms with Gasteiger partial charge in [0.2, 0.25) is 0 Å². The first-order valence-electron chi connectivity index (χ1n) is 6.53. The largest absolute Gasteiger partial charge is 0.491 e. The molecule has 110 valence electrons. The van der Waals surface area contributed by atoms with Crippen molar-refractivity contribution >= 4 is 5.91 Å². The summed E-state index contributed by atoms with van der Waals surface area (Å²) in [6, 6.07) is 2.16. The second kappa shape index (κ2) is 5.75. The van der Waals surface area contributed by atoms with Crippen molar-refractivity contribution in [2.24, 2.45) is 5.41 Å². The Kier molecular flexibility index (Phi) is 4.23. The van der Waals surface area contributed by atoms with Crippen LogP contribution in [-0.2, 0) is 0 Å². The smallest absolute Gasteiger partial charge is 0.257 e. The average molecular weight is 285 g/mol. The number of rotatable bonds is 6. The van der Waals surface area contributed by atoms with Crippen LogP contribution in [-0.4, -0.2) is 30.8 Å².